The first kappa shape index (κ1) is 18.1. The number of hydrogen-bond acceptors (Lipinski definition) is 4. The van der Waals surface area contributed by atoms with Crippen LogP contribution in [0.1, 0.15) is 11.1 Å². The Balaban J connectivity index is 1.82. The van der Waals surface area contributed by atoms with Crippen molar-refractivity contribution in [2.45, 2.75) is 5.60 Å². The van der Waals surface area contributed by atoms with Crippen LogP contribution >= 0.6 is 0 Å². The van der Waals surface area contributed by atoms with Crippen molar-refractivity contribution in [1.29, 1.82) is 0 Å². The molecule has 2 aromatic rings. The minimum atomic E-state index is -1.49. The van der Waals surface area contributed by atoms with Crippen molar-refractivity contribution < 1.29 is 14.6 Å². The molecule has 134 valence electrons. The van der Waals surface area contributed by atoms with Gasteiger partial charge < -0.3 is 19.5 Å². The Bertz CT molecular complexity index is 771. The predicted molar refractivity (Wildman–Crippen MR) is 103 cm³/mol. The van der Waals surface area contributed by atoms with Crippen molar-refractivity contribution in [2.75, 3.05) is 37.8 Å². The molecule has 2 aromatic carbocycles. The minimum absolute atomic E-state index is 0.432. The highest BCUT2D eigenvalue weighted by atomic mass is 16.5. The largest absolute Gasteiger partial charge is 0.490 e. The van der Waals surface area contributed by atoms with E-state index < -0.39 is 5.60 Å². The summed E-state index contributed by atoms with van der Waals surface area (Å²) in [5, 5.41) is 11.1. The van der Waals surface area contributed by atoms with Crippen molar-refractivity contribution in [2.24, 2.45) is 0 Å². The van der Waals surface area contributed by atoms with Crippen LogP contribution in [0.3, 0.4) is 0 Å². The molecule has 1 atom stereocenters. The van der Waals surface area contributed by atoms with E-state index in [9.17, 15) is 5.11 Å². The van der Waals surface area contributed by atoms with Crippen LogP contribution in [0.15, 0.2) is 61.2 Å². The number of anilines is 1. The number of ether oxygens (including phenoxy) is 2. The highest BCUT2D eigenvalue weighted by Crippen LogP contribution is 2.31. The summed E-state index contributed by atoms with van der Waals surface area (Å²) in [6, 6.07) is 14.9. The third-order valence-electron chi connectivity index (χ3n) is 4.51. The number of aliphatic hydroxyl groups is 1. The van der Waals surface area contributed by atoms with Gasteiger partial charge in [0.05, 0.1) is 13.2 Å². The van der Waals surface area contributed by atoms with Gasteiger partial charge in [-0.05, 0) is 24.3 Å². The van der Waals surface area contributed by atoms with E-state index in [4.69, 9.17) is 15.9 Å². The molecule has 0 aromatic heterocycles. The summed E-state index contributed by atoms with van der Waals surface area (Å²) in [6.45, 7) is 7.25. The van der Waals surface area contributed by atoms with Gasteiger partial charge in [0.1, 0.15) is 12.4 Å². The van der Waals surface area contributed by atoms with Crippen LogP contribution in [-0.2, 0) is 10.3 Å². The van der Waals surface area contributed by atoms with Crippen molar-refractivity contribution in [3.05, 3.63) is 72.3 Å². The summed E-state index contributed by atoms with van der Waals surface area (Å²) in [4.78, 5) is 2.26. The second-order valence-electron chi connectivity index (χ2n) is 6.13. The van der Waals surface area contributed by atoms with Crippen molar-refractivity contribution in [1.82, 2.24) is 0 Å². The van der Waals surface area contributed by atoms with Gasteiger partial charge in [0.15, 0.2) is 5.60 Å². The number of benzene rings is 2. The summed E-state index contributed by atoms with van der Waals surface area (Å²) in [7, 11) is 0. The van der Waals surface area contributed by atoms with Gasteiger partial charge in [-0.2, -0.15) is 0 Å². The van der Waals surface area contributed by atoms with Crippen molar-refractivity contribution in [3.8, 4) is 18.1 Å². The van der Waals surface area contributed by atoms with Crippen LogP contribution in [0.4, 0.5) is 5.69 Å². The van der Waals surface area contributed by atoms with Crippen LogP contribution in [0.2, 0.25) is 0 Å². The summed E-state index contributed by atoms with van der Waals surface area (Å²) in [5.74, 6) is 3.24. The topological polar surface area (TPSA) is 41.9 Å². The monoisotopic (exact) mass is 349 g/mol. The van der Waals surface area contributed by atoms with E-state index in [0.29, 0.717) is 23.5 Å². The molecule has 0 amide bonds. The highest BCUT2D eigenvalue weighted by molar-refractivity contribution is 5.52. The van der Waals surface area contributed by atoms with E-state index in [1.54, 1.807) is 30.3 Å². The van der Waals surface area contributed by atoms with Crippen LogP contribution in [-0.4, -0.2) is 38.0 Å². The lowest BCUT2D eigenvalue weighted by Gasteiger charge is -2.30. The first-order chi connectivity index (χ1) is 12.7. The second-order valence-corrected chi connectivity index (χ2v) is 6.13. The van der Waals surface area contributed by atoms with Crippen LogP contribution in [0, 0.1) is 12.3 Å². The van der Waals surface area contributed by atoms with Gasteiger partial charge in [-0.25, -0.2) is 0 Å². The molecular formula is C22H23NO3. The van der Waals surface area contributed by atoms with E-state index >= 15 is 0 Å². The Labute approximate surface area is 154 Å². The molecule has 1 unspecified atom stereocenters. The average molecular weight is 349 g/mol. The van der Waals surface area contributed by atoms with Crippen molar-refractivity contribution in [3.63, 3.8) is 0 Å². The Morgan fingerprint density at radius 2 is 1.69 bits per heavy atom. The lowest BCUT2D eigenvalue weighted by molar-refractivity contribution is 0.122. The molecule has 1 N–H and O–H groups in total. The smallest absolute Gasteiger partial charge is 0.176 e. The third kappa shape index (κ3) is 3.75. The molecular weight excluding hydrogens is 326 g/mol. The molecule has 0 saturated carbocycles. The molecule has 0 aliphatic carbocycles. The predicted octanol–water partition coefficient (Wildman–Crippen LogP) is 2.96. The van der Waals surface area contributed by atoms with Crippen LogP contribution in [0.25, 0.3) is 0 Å². The van der Waals surface area contributed by atoms with Gasteiger partial charge in [0.2, 0.25) is 0 Å². The first-order valence-corrected chi connectivity index (χ1v) is 8.65. The summed E-state index contributed by atoms with van der Waals surface area (Å²) in [5.41, 5.74) is 0.909. The number of rotatable bonds is 6. The maximum absolute atomic E-state index is 11.1. The van der Waals surface area contributed by atoms with E-state index in [1.165, 1.54) is 0 Å². The van der Waals surface area contributed by atoms with E-state index in [-0.39, 0.29) is 0 Å². The van der Waals surface area contributed by atoms with Gasteiger partial charge in [-0.1, -0.05) is 42.8 Å². The Morgan fingerprint density at radius 1 is 1.12 bits per heavy atom. The Kier molecular flexibility index (Phi) is 5.62. The Morgan fingerprint density at radius 3 is 2.23 bits per heavy atom. The fourth-order valence-electron chi connectivity index (χ4n) is 3.02. The maximum atomic E-state index is 11.1. The van der Waals surface area contributed by atoms with Crippen molar-refractivity contribution >= 4 is 5.69 Å². The van der Waals surface area contributed by atoms with E-state index in [0.717, 1.165) is 32.0 Å². The number of nitrogens with zero attached hydrogens (tertiary/aromatic N) is 1. The molecule has 26 heavy (non-hydrogen) atoms. The average Bonchev–Trinajstić information content (AvgIpc) is 2.73. The molecule has 1 aliphatic heterocycles. The molecule has 0 spiro atoms. The molecule has 0 bridgehead atoms. The van der Waals surface area contributed by atoms with E-state index in [1.807, 2.05) is 24.3 Å². The molecule has 3 rings (SSSR count). The standard InChI is InChI=1S/C22H23NO3/c1-3-15-26-21-11-7-19(8-12-21)22(24,4-2)18-5-9-20(10-6-18)23-13-16-25-17-14-23/h2-3,5-12,24H,1,13-17H2. The van der Waals surface area contributed by atoms with Gasteiger partial charge in [0, 0.05) is 29.9 Å². The minimum Gasteiger partial charge on any atom is -0.490 e. The number of terminal acetylenes is 1. The lowest BCUT2D eigenvalue weighted by Crippen LogP contribution is -2.36. The fraction of sp³-hybridized carbons (Fsp3) is 0.273. The van der Waals surface area contributed by atoms with Gasteiger partial charge >= 0.3 is 0 Å². The summed E-state index contributed by atoms with van der Waals surface area (Å²) >= 11 is 0. The molecule has 1 fully saturated rings. The van der Waals surface area contributed by atoms with E-state index in [2.05, 4.69) is 17.4 Å². The maximum Gasteiger partial charge on any atom is 0.176 e. The SMILES string of the molecule is C#CC(O)(c1ccc(OCC=C)cc1)c1ccc(N2CCOCC2)cc1. The quantitative estimate of drug-likeness (QED) is 0.643. The van der Waals surface area contributed by atoms with Gasteiger partial charge in [-0.15, -0.1) is 6.42 Å². The zero-order valence-corrected chi connectivity index (χ0v) is 14.7. The molecule has 0 radical (unpaired) electrons. The zero-order chi connectivity index (χ0) is 18.4. The van der Waals surface area contributed by atoms with Gasteiger partial charge in [0.25, 0.3) is 0 Å². The summed E-state index contributed by atoms with van der Waals surface area (Å²) in [6.07, 6.45) is 7.38. The number of morpholine rings is 1. The Hall–Kier alpha value is -2.74. The molecule has 1 saturated heterocycles. The second kappa shape index (κ2) is 8.09. The lowest BCUT2D eigenvalue weighted by atomic mass is 9.87. The molecule has 4 nitrogen and oxygen atoms in total. The number of hydrogen-bond donors (Lipinski definition) is 1. The van der Waals surface area contributed by atoms with Crippen LogP contribution in [0.5, 0.6) is 5.75 Å². The third-order valence-corrected chi connectivity index (χ3v) is 4.51. The molecule has 4 heteroatoms. The molecule has 1 heterocycles. The van der Waals surface area contributed by atoms with Crippen LogP contribution < -0.4 is 9.64 Å². The first-order valence-electron chi connectivity index (χ1n) is 8.65. The molecule has 1 aliphatic rings. The summed E-state index contributed by atoms with van der Waals surface area (Å²) < 4.78 is 10.9. The normalized spacial score (nSPS) is 16.4. The zero-order valence-electron chi connectivity index (χ0n) is 14.7. The fourth-order valence-corrected chi connectivity index (χ4v) is 3.02. The highest BCUT2D eigenvalue weighted by Gasteiger charge is 2.29. The van der Waals surface area contributed by atoms with Gasteiger partial charge in [-0.3, -0.25) is 0 Å².